The second-order valence-corrected chi connectivity index (χ2v) is 4.27. The number of rotatable bonds is 2. The zero-order valence-electron chi connectivity index (χ0n) is 10.7. The molecule has 6 heteroatoms. The van der Waals surface area contributed by atoms with Crippen LogP contribution in [0, 0.1) is 11.6 Å². The minimum absolute atomic E-state index is 0.339. The van der Waals surface area contributed by atoms with Crippen LogP contribution in [-0.2, 0) is 4.74 Å². The molecule has 0 aromatic heterocycles. The van der Waals surface area contributed by atoms with Crippen molar-refractivity contribution in [3.05, 3.63) is 29.8 Å². The van der Waals surface area contributed by atoms with Crippen LogP contribution in [0.5, 0.6) is 0 Å². The third kappa shape index (κ3) is 3.13. The molecule has 1 heterocycles. The molecule has 1 aromatic carbocycles. The molecular formula is C13H16F2N2O2. The molecule has 1 aliphatic heterocycles. The summed E-state index contributed by atoms with van der Waals surface area (Å²) in [7, 11) is 0. The van der Waals surface area contributed by atoms with Gasteiger partial charge in [0, 0.05) is 32.2 Å². The van der Waals surface area contributed by atoms with E-state index < -0.39 is 11.6 Å². The van der Waals surface area contributed by atoms with Crippen molar-refractivity contribution in [1.29, 1.82) is 0 Å². The molecule has 1 aliphatic rings. The number of carbonyl (C=O) groups is 1. The van der Waals surface area contributed by atoms with Gasteiger partial charge in [0.2, 0.25) is 0 Å². The first-order valence-corrected chi connectivity index (χ1v) is 6.23. The molecule has 0 N–H and O–H groups in total. The SMILES string of the molecule is CCOC(=O)N1CCN(c2ccc(F)cc2F)CC1. The van der Waals surface area contributed by atoms with Gasteiger partial charge in [0.05, 0.1) is 12.3 Å². The molecular weight excluding hydrogens is 254 g/mol. The fraction of sp³-hybridized carbons (Fsp3) is 0.462. The van der Waals surface area contributed by atoms with Crippen LogP contribution in [0.1, 0.15) is 6.92 Å². The molecule has 0 aliphatic carbocycles. The molecule has 1 saturated heterocycles. The molecule has 4 nitrogen and oxygen atoms in total. The molecule has 1 fully saturated rings. The van der Waals surface area contributed by atoms with Gasteiger partial charge in [0.25, 0.3) is 0 Å². The standard InChI is InChI=1S/C13H16F2N2O2/c1-2-19-13(18)17-7-5-16(6-8-17)12-4-3-10(14)9-11(12)15/h3-4,9H,2,5-8H2,1H3. The maximum Gasteiger partial charge on any atom is 0.409 e. The van der Waals surface area contributed by atoms with E-state index in [0.29, 0.717) is 38.5 Å². The lowest BCUT2D eigenvalue weighted by Gasteiger charge is -2.35. The van der Waals surface area contributed by atoms with Crippen LogP contribution >= 0.6 is 0 Å². The van der Waals surface area contributed by atoms with Crippen LogP contribution in [0.4, 0.5) is 19.3 Å². The highest BCUT2D eigenvalue weighted by Gasteiger charge is 2.23. The smallest absolute Gasteiger partial charge is 0.409 e. The number of amides is 1. The minimum Gasteiger partial charge on any atom is -0.450 e. The van der Waals surface area contributed by atoms with Gasteiger partial charge < -0.3 is 14.5 Å². The van der Waals surface area contributed by atoms with Crippen LogP contribution in [0.2, 0.25) is 0 Å². The van der Waals surface area contributed by atoms with Crippen LogP contribution in [0.3, 0.4) is 0 Å². The van der Waals surface area contributed by atoms with Crippen molar-refractivity contribution < 1.29 is 18.3 Å². The Morgan fingerprint density at radius 2 is 1.95 bits per heavy atom. The Morgan fingerprint density at radius 3 is 2.53 bits per heavy atom. The number of ether oxygens (including phenoxy) is 1. The third-order valence-corrected chi connectivity index (χ3v) is 3.06. The van der Waals surface area contributed by atoms with E-state index in [1.165, 1.54) is 12.1 Å². The summed E-state index contributed by atoms with van der Waals surface area (Å²) in [4.78, 5) is 14.9. The predicted octanol–water partition coefficient (Wildman–Crippen LogP) is 2.24. The molecule has 19 heavy (non-hydrogen) atoms. The maximum absolute atomic E-state index is 13.6. The molecule has 2 rings (SSSR count). The summed E-state index contributed by atoms with van der Waals surface area (Å²) >= 11 is 0. The summed E-state index contributed by atoms with van der Waals surface area (Å²) in [6, 6.07) is 3.52. The Kier molecular flexibility index (Phi) is 4.19. The van der Waals surface area contributed by atoms with Crippen molar-refractivity contribution in [2.45, 2.75) is 6.92 Å². The van der Waals surface area contributed by atoms with Gasteiger partial charge >= 0.3 is 6.09 Å². The van der Waals surface area contributed by atoms with Gasteiger partial charge in [-0.15, -0.1) is 0 Å². The normalized spacial score (nSPS) is 15.5. The highest BCUT2D eigenvalue weighted by molar-refractivity contribution is 5.68. The Labute approximate surface area is 110 Å². The maximum atomic E-state index is 13.6. The highest BCUT2D eigenvalue weighted by Crippen LogP contribution is 2.21. The molecule has 0 bridgehead atoms. The summed E-state index contributed by atoms with van der Waals surface area (Å²) in [6.45, 7) is 4.03. The molecule has 0 spiro atoms. The lowest BCUT2D eigenvalue weighted by atomic mass is 10.2. The van der Waals surface area contributed by atoms with Gasteiger partial charge in [-0.05, 0) is 19.1 Å². The summed E-state index contributed by atoms with van der Waals surface area (Å²) < 4.78 is 31.4. The molecule has 0 saturated carbocycles. The number of hydrogen-bond donors (Lipinski definition) is 0. The van der Waals surface area contributed by atoms with E-state index in [1.807, 2.05) is 0 Å². The molecule has 1 amide bonds. The van der Waals surface area contributed by atoms with Crippen LogP contribution in [0.15, 0.2) is 18.2 Å². The van der Waals surface area contributed by atoms with Gasteiger partial charge in [-0.3, -0.25) is 0 Å². The van der Waals surface area contributed by atoms with Gasteiger partial charge in [-0.2, -0.15) is 0 Å². The first kappa shape index (κ1) is 13.6. The van der Waals surface area contributed by atoms with E-state index in [4.69, 9.17) is 4.74 Å². The predicted molar refractivity (Wildman–Crippen MR) is 67.2 cm³/mol. The number of piperazine rings is 1. The lowest BCUT2D eigenvalue weighted by molar-refractivity contribution is 0.105. The highest BCUT2D eigenvalue weighted by atomic mass is 19.1. The first-order chi connectivity index (χ1) is 9.11. The van der Waals surface area contributed by atoms with E-state index in [-0.39, 0.29) is 6.09 Å². The number of carbonyl (C=O) groups excluding carboxylic acids is 1. The van der Waals surface area contributed by atoms with E-state index in [2.05, 4.69) is 0 Å². The number of anilines is 1. The lowest BCUT2D eigenvalue weighted by Crippen LogP contribution is -2.49. The summed E-state index contributed by atoms with van der Waals surface area (Å²) in [6.07, 6.45) is -0.346. The van der Waals surface area contributed by atoms with Crippen LogP contribution in [0.25, 0.3) is 0 Å². The quantitative estimate of drug-likeness (QED) is 0.826. The Hall–Kier alpha value is -1.85. The fourth-order valence-electron chi connectivity index (χ4n) is 2.08. The molecule has 104 valence electrons. The van der Waals surface area contributed by atoms with Gasteiger partial charge in [-0.1, -0.05) is 0 Å². The summed E-state index contributed by atoms with van der Waals surface area (Å²) in [5.41, 5.74) is 0.366. The zero-order chi connectivity index (χ0) is 13.8. The monoisotopic (exact) mass is 270 g/mol. The largest absolute Gasteiger partial charge is 0.450 e. The second kappa shape index (κ2) is 5.86. The van der Waals surface area contributed by atoms with Gasteiger partial charge in [0.1, 0.15) is 11.6 Å². The number of halogens is 2. The molecule has 0 unspecified atom stereocenters. The van der Waals surface area contributed by atoms with Crippen molar-refractivity contribution in [3.63, 3.8) is 0 Å². The van der Waals surface area contributed by atoms with E-state index in [1.54, 1.807) is 16.7 Å². The van der Waals surface area contributed by atoms with Crippen molar-refractivity contribution >= 4 is 11.8 Å². The topological polar surface area (TPSA) is 32.8 Å². The van der Waals surface area contributed by atoms with Crippen molar-refractivity contribution in [1.82, 2.24) is 4.90 Å². The number of benzene rings is 1. The average Bonchev–Trinajstić information content (AvgIpc) is 2.39. The Morgan fingerprint density at radius 1 is 1.26 bits per heavy atom. The van der Waals surface area contributed by atoms with E-state index in [9.17, 15) is 13.6 Å². The van der Waals surface area contributed by atoms with Crippen molar-refractivity contribution in [3.8, 4) is 0 Å². The minimum atomic E-state index is -0.591. The molecule has 0 radical (unpaired) electrons. The van der Waals surface area contributed by atoms with Crippen LogP contribution in [-0.4, -0.2) is 43.8 Å². The molecule has 0 atom stereocenters. The average molecular weight is 270 g/mol. The Balaban J connectivity index is 1.98. The number of nitrogens with zero attached hydrogens (tertiary/aromatic N) is 2. The van der Waals surface area contributed by atoms with Gasteiger partial charge in [0.15, 0.2) is 0 Å². The van der Waals surface area contributed by atoms with Crippen LogP contribution < -0.4 is 4.90 Å². The second-order valence-electron chi connectivity index (χ2n) is 4.27. The summed E-state index contributed by atoms with van der Waals surface area (Å²) in [5, 5.41) is 0. The first-order valence-electron chi connectivity index (χ1n) is 6.23. The third-order valence-electron chi connectivity index (χ3n) is 3.06. The Bertz CT molecular complexity index is 460. The molecule has 1 aromatic rings. The number of hydrogen-bond acceptors (Lipinski definition) is 3. The van der Waals surface area contributed by atoms with E-state index in [0.717, 1.165) is 6.07 Å². The van der Waals surface area contributed by atoms with E-state index >= 15 is 0 Å². The van der Waals surface area contributed by atoms with Gasteiger partial charge in [-0.25, -0.2) is 13.6 Å². The zero-order valence-corrected chi connectivity index (χ0v) is 10.7. The summed E-state index contributed by atoms with van der Waals surface area (Å²) in [5.74, 6) is -1.17. The van der Waals surface area contributed by atoms with Crippen molar-refractivity contribution in [2.75, 3.05) is 37.7 Å². The fourth-order valence-corrected chi connectivity index (χ4v) is 2.08. The van der Waals surface area contributed by atoms with Crippen molar-refractivity contribution in [2.24, 2.45) is 0 Å².